The second kappa shape index (κ2) is 4.91. The van der Waals surface area contributed by atoms with Crippen molar-refractivity contribution in [2.75, 3.05) is 0 Å². The Morgan fingerprint density at radius 2 is 1.93 bits per heavy atom. The molecule has 14 heavy (non-hydrogen) atoms. The third-order valence-corrected chi connectivity index (χ3v) is 3.73. The maximum Gasteiger partial charge on any atom is 0.230 e. The smallest absolute Gasteiger partial charge is 0.230 e. The van der Waals surface area contributed by atoms with Gasteiger partial charge < -0.3 is 5.73 Å². The number of carbonyl (C=O) groups excluding carboxylic acids is 1. The van der Waals surface area contributed by atoms with Crippen molar-refractivity contribution in [3.63, 3.8) is 0 Å². The molecule has 2 N–H and O–H groups in total. The predicted molar refractivity (Wildman–Crippen MR) is 61.0 cm³/mol. The summed E-state index contributed by atoms with van der Waals surface area (Å²) in [5.74, 6) is -0.383. The van der Waals surface area contributed by atoms with Gasteiger partial charge in [-0.15, -0.1) is 11.8 Å². The van der Waals surface area contributed by atoms with Crippen molar-refractivity contribution in [1.82, 2.24) is 0 Å². The molecule has 1 amide bonds. The van der Waals surface area contributed by atoms with Crippen LogP contribution in [0.1, 0.15) is 6.92 Å². The molecule has 0 saturated carbocycles. The third-order valence-electron chi connectivity index (χ3n) is 1.61. The molecule has 0 heterocycles. The SMILES string of the molecule is C[C@@H](Sc1c(Cl)cccc1Cl)C(N)=O. The van der Waals surface area contributed by atoms with E-state index in [1.54, 1.807) is 25.1 Å². The van der Waals surface area contributed by atoms with Gasteiger partial charge in [-0.2, -0.15) is 0 Å². The fourth-order valence-electron chi connectivity index (χ4n) is 0.830. The lowest BCUT2D eigenvalue weighted by Crippen LogP contribution is -2.22. The Morgan fingerprint density at radius 3 is 2.36 bits per heavy atom. The van der Waals surface area contributed by atoms with Crippen molar-refractivity contribution >= 4 is 40.9 Å². The number of nitrogens with two attached hydrogens (primary N) is 1. The highest BCUT2D eigenvalue weighted by molar-refractivity contribution is 8.00. The fourth-order valence-corrected chi connectivity index (χ4v) is 2.33. The molecule has 1 atom stereocenters. The van der Waals surface area contributed by atoms with Crippen molar-refractivity contribution in [1.29, 1.82) is 0 Å². The zero-order valence-electron chi connectivity index (χ0n) is 7.46. The van der Waals surface area contributed by atoms with Crippen molar-refractivity contribution in [2.45, 2.75) is 17.1 Å². The van der Waals surface area contributed by atoms with E-state index in [0.29, 0.717) is 14.9 Å². The van der Waals surface area contributed by atoms with Gasteiger partial charge in [0.1, 0.15) is 0 Å². The van der Waals surface area contributed by atoms with E-state index in [0.717, 1.165) is 0 Å². The summed E-state index contributed by atoms with van der Waals surface area (Å²) >= 11 is 13.1. The summed E-state index contributed by atoms with van der Waals surface area (Å²) in [5.41, 5.74) is 5.14. The van der Waals surface area contributed by atoms with E-state index in [-0.39, 0.29) is 11.2 Å². The molecule has 0 aliphatic carbocycles. The Hall–Kier alpha value is -0.380. The Labute approximate surface area is 96.8 Å². The maximum absolute atomic E-state index is 10.8. The third kappa shape index (κ3) is 2.80. The molecule has 1 aromatic carbocycles. The molecule has 76 valence electrons. The average Bonchev–Trinajstić information content (AvgIpc) is 2.11. The molecule has 0 aromatic heterocycles. The Balaban J connectivity index is 2.91. The summed E-state index contributed by atoms with van der Waals surface area (Å²) in [4.78, 5) is 11.5. The van der Waals surface area contributed by atoms with Crippen molar-refractivity contribution in [3.8, 4) is 0 Å². The van der Waals surface area contributed by atoms with Gasteiger partial charge in [-0.25, -0.2) is 0 Å². The van der Waals surface area contributed by atoms with Gasteiger partial charge in [-0.3, -0.25) is 4.79 Å². The summed E-state index contributed by atoms with van der Waals surface area (Å²) in [6, 6.07) is 5.20. The lowest BCUT2D eigenvalue weighted by atomic mass is 10.4. The second-order valence-corrected chi connectivity index (χ2v) is 4.88. The maximum atomic E-state index is 10.8. The highest BCUT2D eigenvalue weighted by Crippen LogP contribution is 2.35. The van der Waals surface area contributed by atoms with Gasteiger partial charge in [0, 0.05) is 4.90 Å². The highest BCUT2D eigenvalue weighted by Gasteiger charge is 2.14. The van der Waals surface area contributed by atoms with Crippen LogP contribution in [0, 0.1) is 0 Å². The van der Waals surface area contributed by atoms with Crippen LogP contribution in [0.3, 0.4) is 0 Å². The number of hydrogen-bond donors (Lipinski definition) is 1. The van der Waals surface area contributed by atoms with Crippen molar-refractivity contribution < 1.29 is 4.79 Å². The largest absolute Gasteiger partial charge is 0.369 e. The van der Waals surface area contributed by atoms with Gasteiger partial charge >= 0.3 is 0 Å². The lowest BCUT2D eigenvalue weighted by molar-refractivity contribution is -0.117. The standard InChI is InChI=1S/C9H9Cl2NOS/c1-5(9(12)13)14-8-6(10)3-2-4-7(8)11/h2-5H,1H3,(H2,12,13)/t5-/m1/s1. The number of primary amides is 1. The van der Waals surface area contributed by atoms with Crippen LogP contribution in [0.25, 0.3) is 0 Å². The molecule has 2 nitrogen and oxygen atoms in total. The minimum atomic E-state index is -0.383. The quantitative estimate of drug-likeness (QED) is 0.838. The first-order chi connectivity index (χ1) is 6.52. The van der Waals surface area contributed by atoms with Gasteiger partial charge in [0.05, 0.1) is 15.3 Å². The molecule has 0 bridgehead atoms. The van der Waals surface area contributed by atoms with E-state index in [2.05, 4.69) is 0 Å². The van der Waals surface area contributed by atoms with E-state index in [1.807, 2.05) is 0 Å². The zero-order chi connectivity index (χ0) is 10.7. The van der Waals surface area contributed by atoms with Crippen LogP contribution in [-0.2, 0) is 4.79 Å². The molecule has 0 radical (unpaired) electrons. The molecular weight excluding hydrogens is 241 g/mol. The first kappa shape index (κ1) is 11.7. The number of thioether (sulfide) groups is 1. The van der Waals surface area contributed by atoms with Crippen LogP contribution in [0.15, 0.2) is 23.1 Å². The fraction of sp³-hybridized carbons (Fsp3) is 0.222. The van der Waals surface area contributed by atoms with Crippen LogP contribution in [0.5, 0.6) is 0 Å². The molecule has 0 aliphatic rings. The van der Waals surface area contributed by atoms with Crippen molar-refractivity contribution in [3.05, 3.63) is 28.2 Å². The Morgan fingerprint density at radius 1 is 1.43 bits per heavy atom. The van der Waals surface area contributed by atoms with E-state index in [4.69, 9.17) is 28.9 Å². The molecule has 0 spiro atoms. The number of carbonyl (C=O) groups is 1. The van der Waals surface area contributed by atoms with Gasteiger partial charge in [0.2, 0.25) is 5.91 Å². The number of halogens is 2. The molecule has 1 rings (SSSR count). The summed E-state index contributed by atoms with van der Waals surface area (Å²) in [7, 11) is 0. The second-order valence-electron chi connectivity index (χ2n) is 2.71. The van der Waals surface area contributed by atoms with Crippen LogP contribution >= 0.6 is 35.0 Å². The summed E-state index contributed by atoms with van der Waals surface area (Å²) in [6.45, 7) is 1.71. The molecule has 0 saturated heterocycles. The predicted octanol–water partition coefficient (Wildman–Crippen LogP) is 2.96. The normalized spacial score (nSPS) is 12.5. The molecule has 5 heteroatoms. The van der Waals surface area contributed by atoms with Crippen LogP contribution in [-0.4, -0.2) is 11.2 Å². The highest BCUT2D eigenvalue weighted by atomic mass is 35.5. The topological polar surface area (TPSA) is 43.1 Å². The van der Waals surface area contributed by atoms with Gasteiger partial charge in [-0.1, -0.05) is 29.3 Å². The number of hydrogen-bond acceptors (Lipinski definition) is 2. The van der Waals surface area contributed by atoms with Crippen molar-refractivity contribution in [2.24, 2.45) is 5.73 Å². The molecule has 0 aliphatic heterocycles. The van der Waals surface area contributed by atoms with Crippen LogP contribution in [0.4, 0.5) is 0 Å². The Bertz CT molecular complexity index is 336. The van der Waals surface area contributed by atoms with E-state index in [1.165, 1.54) is 11.8 Å². The first-order valence-corrected chi connectivity index (χ1v) is 5.56. The Kier molecular flexibility index (Phi) is 4.11. The number of amides is 1. The molecule has 0 unspecified atom stereocenters. The average molecular weight is 250 g/mol. The van der Waals surface area contributed by atoms with Gasteiger partial charge in [-0.05, 0) is 19.1 Å². The van der Waals surface area contributed by atoms with Gasteiger partial charge in [0.25, 0.3) is 0 Å². The minimum Gasteiger partial charge on any atom is -0.369 e. The van der Waals surface area contributed by atoms with Gasteiger partial charge in [0.15, 0.2) is 0 Å². The molecular formula is C9H9Cl2NOS. The molecule has 0 fully saturated rings. The summed E-state index contributed by atoms with van der Waals surface area (Å²) < 4.78 is 0. The van der Waals surface area contributed by atoms with E-state index < -0.39 is 0 Å². The lowest BCUT2D eigenvalue weighted by Gasteiger charge is -2.09. The zero-order valence-corrected chi connectivity index (χ0v) is 9.79. The molecule has 1 aromatic rings. The van der Waals surface area contributed by atoms with E-state index >= 15 is 0 Å². The number of rotatable bonds is 3. The minimum absolute atomic E-state index is 0.340. The van der Waals surface area contributed by atoms with Crippen LogP contribution < -0.4 is 5.73 Å². The summed E-state index contributed by atoms with van der Waals surface area (Å²) in [6.07, 6.45) is 0. The monoisotopic (exact) mass is 249 g/mol. The van der Waals surface area contributed by atoms with E-state index in [9.17, 15) is 4.79 Å². The summed E-state index contributed by atoms with van der Waals surface area (Å²) in [5, 5.41) is 0.735. The number of benzene rings is 1. The first-order valence-electron chi connectivity index (χ1n) is 3.92. The van der Waals surface area contributed by atoms with Crippen LogP contribution in [0.2, 0.25) is 10.0 Å².